The number of aryl methyl sites for hydroxylation is 1. The van der Waals surface area contributed by atoms with Crippen molar-refractivity contribution in [2.45, 2.75) is 50.7 Å². The summed E-state index contributed by atoms with van der Waals surface area (Å²) in [5.41, 5.74) is 2.77. The summed E-state index contributed by atoms with van der Waals surface area (Å²) in [7, 11) is 0. The molecule has 1 unspecified atom stereocenters. The average Bonchev–Trinajstić information content (AvgIpc) is 3.48. The lowest BCUT2D eigenvalue weighted by atomic mass is 10.1. The normalized spacial score (nSPS) is 24.6. The van der Waals surface area contributed by atoms with E-state index in [0.29, 0.717) is 23.8 Å². The van der Waals surface area contributed by atoms with Crippen LogP contribution in [0.2, 0.25) is 0 Å². The Morgan fingerprint density at radius 3 is 2.90 bits per heavy atom. The number of hydrogen-bond acceptors (Lipinski definition) is 6. The Labute approximate surface area is 168 Å². The Bertz CT molecular complexity index is 1060. The minimum atomic E-state index is -0.429. The summed E-state index contributed by atoms with van der Waals surface area (Å²) in [5, 5.41) is 10.5. The van der Waals surface area contributed by atoms with Gasteiger partial charge in [-0.15, -0.1) is 0 Å². The fourth-order valence-corrected chi connectivity index (χ4v) is 4.31. The molecule has 0 bridgehead atoms. The van der Waals surface area contributed by atoms with E-state index in [2.05, 4.69) is 25.7 Å². The molecular formula is C20H25N7O2. The molecule has 2 atom stereocenters. The SMILES string of the molecule is Cc1cc2ncc(C(=O)NCC(C)(C)NCC(=O)N3CCC[C@@]34C3=NC34)cn2n1. The number of hydrogen-bond donors (Lipinski definition) is 2. The van der Waals surface area contributed by atoms with Crippen LogP contribution in [0.4, 0.5) is 0 Å². The third-order valence-electron chi connectivity index (χ3n) is 6.10. The highest BCUT2D eigenvalue weighted by molar-refractivity contribution is 6.28. The highest BCUT2D eigenvalue weighted by Gasteiger charge is 2.76. The van der Waals surface area contributed by atoms with Crippen molar-refractivity contribution in [2.75, 3.05) is 19.6 Å². The minimum Gasteiger partial charge on any atom is -0.350 e. The molecule has 9 heteroatoms. The molecule has 1 aliphatic carbocycles. The topological polar surface area (TPSA) is 104 Å². The number of fused-ring (bicyclic) bond motifs is 4. The largest absolute Gasteiger partial charge is 0.350 e. The predicted molar refractivity (Wildman–Crippen MR) is 107 cm³/mol. The maximum absolute atomic E-state index is 12.7. The fraction of sp³-hybridized carbons (Fsp3) is 0.550. The van der Waals surface area contributed by atoms with E-state index in [4.69, 9.17) is 0 Å². The minimum absolute atomic E-state index is 0.0202. The van der Waals surface area contributed by atoms with Crippen molar-refractivity contribution >= 4 is 23.2 Å². The summed E-state index contributed by atoms with van der Waals surface area (Å²) in [6, 6.07) is 2.18. The summed E-state index contributed by atoms with van der Waals surface area (Å²) in [6.07, 6.45) is 5.32. The molecule has 2 amide bonds. The van der Waals surface area contributed by atoms with Gasteiger partial charge in [0.15, 0.2) is 5.65 Å². The zero-order chi connectivity index (χ0) is 20.4. The standard InChI is InChI=1S/C20H25N7O2/c1-12-7-14-21-8-13(10-27(14)25-12)18(29)22-11-19(2,3)23-9-15(28)26-6-4-5-20(26)16-17(20)24-16/h7-8,10,16,23H,4-6,9,11H2,1-3H3,(H,22,29)/t16?,20-/m1/s1. The summed E-state index contributed by atoms with van der Waals surface area (Å²) in [5.74, 6) is -0.108. The lowest BCUT2D eigenvalue weighted by molar-refractivity contribution is -0.131. The Balaban J connectivity index is 1.15. The third-order valence-corrected chi connectivity index (χ3v) is 6.10. The van der Waals surface area contributed by atoms with Crippen LogP contribution in [-0.2, 0) is 4.79 Å². The molecule has 4 heterocycles. The molecule has 0 radical (unpaired) electrons. The van der Waals surface area contributed by atoms with Gasteiger partial charge in [-0.3, -0.25) is 14.6 Å². The van der Waals surface area contributed by atoms with Gasteiger partial charge in [0.2, 0.25) is 5.91 Å². The van der Waals surface area contributed by atoms with Crippen LogP contribution < -0.4 is 10.6 Å². The molecule has 9 nitrogen and oxygen atoms in total. The number of carbonyl (C=O) groups excluding carboxylic acids is 2. The van der Waals surface area contributed by atoms with Gasteiger partial charge < -0.3 is 15.5 Å². The second kappa shape index (κ2) is 6.09. The zero-order valence-corrected chi connectivity index (χ0v) is 16.9. The summed E-state index contributed by atoms with van der Waals surface area (Å²) in [6.45, 7) is 7.28. The van der Waals surface area contributed by atoms with Gasteiger partial charge in [0.1, 0.15) is 11.6 Å². The Morgan fingerprint density at radius 1 is 1.38 bits per heavy atom. The maximum atomic E-state index is 12.7. The second-order valence-corrected chi connectivity index (χ2v) is 8.84. The van der Waals surface area contributed by atoms with Gasteiger partial charge in [-0.05, 0) is 33.6 Å². The molecule has 2 fully saturated rings. The molecule has 2 N–H and O–H groups in total. The van der Waals surface area contributed by atoms with Crippen LogP contribution in [0.1, 0.15) is 42.7 Å². The van der Waals surface area contributed by atoms with Crippen LogP contribution in [-0.4, -0.2) is 73.8 Å². The highest BCUT2D eigenvalue weighted by Crippen LogP contribution is 2.58. The number of rotatable bonds is 6. The van der Waals surface area contributed by atoms with Gasteiger partial charge in [0.05, 0.1) is 23.5 Å². The van der Waals surface area contributed by atoms with E-state index in [1.807, 2.05) is 31.7 Å². The van der Waals surface area contributed by atoms with E-state index < -0.39 is 5.54 Å². The van der Waals surface area contributed by atoms with E-state index in [1.54, 1.807) is 16.9 Å². The molecule has 3 aliphatic rings. The van der Waals surface area contributed by atoms with E-state index in [-0.39, 0.29) is 23.9 Å². The Morgan fingerprint density at radius 2 is 2.17 bits per heavy atom. The van der Waals surface area contributed by atoms with Crippen molar-refractivity contribution in [3.63, 3.8) is 0 Å². The molecule has 0 aromatic carbocycles. The first-order valence-corrected chi connectivity index (χ1v) is 10.0. The summed E-state index contributed by atoms with van der Waals surface area (Å²) >= 11 is 0. The third kappa shape index (κ3) is 3.00. The number of aromatic nitrogens is 3. The van der Waals surface area contributed by atoms with Gasteiger partial charge >= 0.3 is 0 Å². The second-order valence-electron chi connectivity index (χ2n) is 8.84. The molecule has 1 spiro atoms. The van der Waals surface area contributed by atoms with Crippen LogP contribution in [0.25, 0.3) is 5.65 Å². The highest BCUT2D eigenvalue weighted by atomic mass is 16.2. The summed E-state index contributed by atoms with van der Waals surface area (Å²) < 4.78 is 1.60. The molecule has 152 valence electrons. The quantitative estimate of drug-likeness (QED) is 0.734. The fourth-order valence-electron chi connectivity index (χ4n) is 4.31. The molecule has 29 heavy (non-hydrogen) atoms. The van der Waals surface area contributed by atoms with Crippen LogP contribution in [0.15, 0.2) is 23.5 Å². The smallest absolute Gasteiger partial charge is 0.254 e. The zero-order valence-electron chi connectivity index (χ0n) is 16.9. The van der Waals surface area contributed by atoms with E-state index in [9.17, 15) is 9.59 Å². The number of nitrogens with zero attached hydrogens (tertiary/aromatic N) is 5. The molecule has 5 rings (SSSR count). The van der Waals surface area contributed by atoms with E-state index in [0.717, 1.165) is 25.1 Å². The Hall–Kier alpha value is -2.81. The van der Waals surface area contributed by atoms with Crippen molar-refractivity contribution in [1.82, 2.24) is 30.1 Å². The molecule has 2 aromatic heterocycles. The van der Waals surface area contributed by atoms with Gasteiger partial charge in [-0.1, -0.05) is 0 Å². The molecule has 1 saturated heterocycles. The van der Waals surface area contributed by atoms with Crippen LogP contribution >= 0.6 is 0 Å². The molecule has 2 aliphatic heterocycles. The number of likely N-dealkylation sites (tertiary alicyclic amines) is 1. The predicted octanol–water partition coefficient (Wildman–Crippen LogP) is 0.334. The molecular weight excluding hydrogens is 370 g/mol. The van der Waals surface area contributed by atoms with E-state index in [1.165, 1.54) is 5.71 Å². The number of aliphatic imine (C=N–C) groups is 1. The molecule has 1 saturated carbocycles. The number of nitrogens with one attached hydrogen (secondary N) is 2. The monoisotopic (exact) mass is 395 g/mol. The molecule has 2 aromatic rings. The van der Waals surface area contributed by atoms with Gasteiger partial charge in [-0.25, -0.2) is 9.50 Å². The van der Waals surface area contributed by atoms with Crippen LogP contribution in [0.5, 0.6) is 0 Å². The van der Waals surface area contributed by atoms with Gasteiger partial charge in [0, 0.05) is 37.1 Å². The van der Waals surface area contributed by atoms with Crippen molar-refractivity contribution < 1.29 is 9.59 Å². The number of carbonyl (C=O) groups is 2. The van der Waals surface area contributed by atoms with Gasteiger partial charge in [-0.2, -0.15) is 5.10 Å². The lowest BCUT2D eigenvalue weighted by Crippen LogP contribution is -2.54. The van der Waals surface area contributed by atoms with Crippen molar-refractivity contribution in [2.24, 2.45) is 4.99 Å². The summed E-state index contributed by atoms with van der Waals surface area (Å²) in [4.78, 5) is 35.8. The van der Waals surface area contributed by atoms with Crippen molar-refractivity contribution in [3.05, 3.63) is 29.7 Å². The first kappa shape index (κ1) is 18.2. The lowest BCUT2D eigenvalue weighted by Gasteiger charge is -2.30. The van der Waals surface area contributed by atoms with Crippen LogP contribution in [0.3, 0.4) is 0 Å². The maximum Gasteiger partial charge on any atom is 0.254 e. The first-order valence-electron chi connectivity index (χ1n) is 10.0. The first-order chi connectivity index (χ1) is 13.8. The average molecular weight is 395 g/mol. The number of amides is 2. The van der Waals surface area contributed by atoms with Crippen molar-refractivity contribution in [1.29, 1.82) is 0 Å². The Kier molecular flexibility index (Phi) is 3.83. The van der Waals surface area contributed by atoms with Crippen molar-refractivity contribution in [3.8, 4) is 0 Å². The van der Waals surface area contributed by atoms with Crippen LogP contribution in [0, 0.1) is 6.92 Å². The van der Waals surface area contributed by atoms with Gasteiger partial charge in [0.25, 0.3) is 5.91 Å². The van der Waals surface area contributed by atoms with E-state index >= 15 is 0 Å².